The monoisotopic (exact) mass is 387 g/mol. The molecule has 2 aromatic heterocycles. The van der Waals surface area contributed by atoms with Gasteiger partial charge in [0.1, 0.15) is 5.82 Å². The first kappa shape index (κ1) is 18.5. The summed E-state index contributed by atoms with van der Waals surface area (Å²) in [6.45, 7) is 3.74. The predicted octanol–water partition coefficient (Wildman–Crippen LogP) is 4.33. The molecule has 0 atom stereocenters. The van der Waals surface area contributed by atoms with E-state index in [9.17, 15) is 0 Å². The Kier molecular flexibility index (Phi) is 5.39. The van der Waals surface area contributed by atoms with Crippen LogP contribution >= 0.6 is 0 Å². The Hall–Kier alpha value is -2.53. The molecule has 0 saturated heterocycles. The van der Waals surface area contributed by atoms with Gasteiger partial charge < -0.3 is 0 Å². The van der Waals surface area contributed by atoms with E-state index in [-0.39, 0.29) is 0 Å². The van der Waals surface area contributed by atoms with Crippen LogP contribution in [0, 0.1) is 0 Å². The smallest absolute Gasteiger partial charge is 0.131 e. The fraction of sp³-hybridized carbons (Fsp3) is 0.458. The van der Waals surface area contributed by atoms with E-state index >= 15 is 0 Å². The van der Waals surface area contributed by atoms with Gasteiger partial charge in [-0.2, -0.15) is 5.10 Å². The first-order valence-corrected chi connectivity index (χ1v) is 11.0. The van der Waals surface area contributed by atoms with E-state index in [2.05, 4.69) is 46.7 Å². The van der Waals surface area contributed by atoms with Crippen LogP contribution in [0.2, 0.25) is 0 Å². The number of rotatable bonds is 5. The lowest BCUT2D eigenvalue weighted by atomic mass is 9.88. The quantitative estimate of drug-likeness (QED) is 0.654. The van der Waals surface area contributed by atoms with Crippen LogP contribution in [0.3, 0.4) is 0 Å². The molecule has 1 aliphatic heterocycles. The first-order chi connectivity index (χ1) is 14.3. The lowest BCUT2D eigenvalue weighted by molar-refractivity contribution is 0.242. The summed E-state index contributed by atoms with van der Waals surface area (Å²) in [6.07, 6.45) is 13.8. The van der Waals surface area contributed by atoms with E-state index in [1.807, 2.05) is 16.9 Å². The summed E-state index contributed by atoms with van der Waals surface area (Å²) >= 11 is 0. The van der Waals surface area contributed by atoms with Crippen LogP contribution in [0.15, 0.2) is 48.9 Å². The van der Waals surface area contributed by atoms with Gasteiger partial charge in [0.25, 0.3) is 0 Å². The number of fused-ring (bicyclic) bond motifs is 1. The van der Waals surface area contributed by atoms with Crippen molar-refractivity contribution in [2.24, 2.45) is 0 Å². The largest absolute Gasteiger partial charge is 0.294 e. The minimum absolute atomic E-state index is 0.586. The Morgan fingerprint density at radius 3 is 2.66 bits per heavy atom. The molecule has 5 heteroatoms. The van der Waals surface area contributed by atoms with Gasteiger partial charge in [0.15, 0.2) is 0 Å². The number of aromatic nitrogens is 4. The summed E-state index contributed by atoms with van der Waals surface area (Å²) in [5, 5.41) is 4.55. The van der Waals surface area contributed by atoms with Gasteiger partial charge in [-0.15, -0.1) is 0 Å². The van der Waals surface area contributed by atoms with Crippen LogP contribution in [0.5, 0.6) is 0 Å². The van der Waals surface area contributed by atoms with Gasteiger partial charge in [0.2, 0.25) is 0 Å². The van der Waals surface area contributed by atoms with Gasteiger partial charge in [0.05, 0.1) is 12.7 Å². The first-order valence-electron chi connectivity index (χ1n) is 11.0. The third-order valence-electron chi connectivity index (χ3n) is 6.28. The van der Waals surface area contributed by atoms with Gasteiger partial charge in [0, 0.05) is 61.2 Å². The molecule has 150 valence electrons. The van der Waals surface area contributed by atoms with Crippen LogP contribution in [-0.2, 0) is 26.1 Å². The standard InChI is InChI=1S/C24H29N5/c1-3-7-19(8-4-1)16-29-17-20(13-26-29)15-28-12-11-23-22(18-28)14-25-24(27-23)21-9-5-2-6-10-21/h1,3-4,7-8,13-14,17,21H,2,5-6,9-12,15-16,18H2. The van der Waals surface area contributed by atoms with Crippen molar-refractivity contribution in [3.05, 3.63) is 77.1 Å². The highest BCUT2D eigenvalue weighted by molar-refractivity contribution is 5.22. The molecule has 0 unspecified atom stereocenters. The zero-order valence-electron chi connectivity index (χ0n) is 17.0. The summed E-state index contributed by atoms with van der Waals surface area (Å²) in [4.78, 5) is 12.2. The second-order valence-corrected chi connectivity index (χ2v) is 8.53. The molecule has 2 aliphatic rings. The van der Waals surface area contributed by atoms with Crippen molar-refractivity contribution >= 4 is 0 Å². The third kappa shape index (κ3) is 4.40. The molecular formula is C24H29N5. The highest BCUT2D eigenvalue weighted by Crippen LogP contribution is 2.31. The molecule has 0 radical (unpaired) electrons. The molecule has 3 heterocycles. The molecule has 1 saturated carbocycles. The maximum atomic E-state index is 4.98. The number of nitrogens with zero attached hydrogens (tertiary/aromatic N) is 5. The van der Waals surface area contributed by atoms with Crippen molar-refractivity contribution in [2.45, 2.75) is 64.1 Å². The van der Waals surface area contributed by atoms with Crippen LogP contribution in [0.1, 0.15) is 66.2 Å². The molecule has 29 heavy (non-hydrogen) atoms. The number of hydrogen-bond donors (Lipinski definition) is 0. The lowest BCUT2D eigenvalue weighted by Gasteiger charge is -2.28. The van der Waals surface area contributed by atoms with Gasteiger partial charge in [-0.1, -0.05) is 49.6 Å². The average Bonchev–Trinajstić information content (AvgIpc) is 3.21. The molecule has 1 aromatic carbocycles. The summed E-state index contributed by atoms with van der Waals surface area (Å²) in [7, 11) is 0. The van der Waals surface area contributed by atoms with Gasteiger partial charge >= 0.3 is 0 Å². The maximum Gasteiger partial charge on any atom is 0.131 e. The molecule has 1 aliphatic carbocycles. The van der Waals surface area contributed by atoms with Gasteiger partial charge in [-0.05, 0) is 18.4 Å². The molecule has 0 amide bonds. The highest BCUT2D eigenvalue weighted by atomic mass is 15.3. The van der Waals surface area contributed by atoms with Crippen molar-refractivity contribution in [2.75, 3.05) is 6.54 Å². The second kappa shape index (κ2) is 8.46. The summed E-state index contributed by atoms with van der Waals surface area (Å²) in [5.41, 5.74) is 5.12. The van der Waals surface area contributed by atoms with E-state index in [0.717, 1.165) is 38.4 Å². The molecule has 1 fully saturated rings. The Balaban J connectivity index is 1.21. The van der Waals surface area contributed by atoms with Crippen molar-refractivity contribution in [1.82, 2.24) is 24.6 Å². The minimum atomic E-state index is 0.586. The van der Waals surface area contributed by atoms with Crippen LogP contribution in [-0.4, -0.2) is 31.2 Å². The zero-order chi connectivity index (χ0) is 19.5. The van der Waals surface area contributed by atoms with Crippen molar-refractivity contribution in [3.8, 4) is 0 Å². The molecule has 0 spiro atoms. The van der Waals surface area contributed by atoms with Crippen molar-refractivity contribution < 1.29 is 0 Å². The summed E-state index contributed by atoms with van der Waals surface area (Å²) in [5.74, 6) is 1.68. The molecule has 3 aromatic rings. The summed E-state index contributed by atoms with van der Waals surface area (Å²) < 4.78 is 2.03. The normalized spacial score (nSPS) is 17.9. The Morgan fingerprint density at radius 1 is 0.931 bits per heavy atom. The van der Waals surface area contributed by atoms with E-state index in [4.69, 9.17) is 9.97 Å². The van der Waals surface area contributed by atoms with Crippen molar-refractivity contribution in [3.63, 3.8) is 0 Å². The second-order valence-electron chi connectivity index (χ2n) is 8.53. The number of hydrogen-bond acceptors (Lipinski definition) is 4. The van der Waals surface area contributed by atoms with E-state index in [1.54, 1.807) is 0 Å². The third-order valence-corrected chi connectivity index (χ3v) is 6.28. The fourth-order valence-corrected chi connectivity index (χ4v) is 4.69. The van der Waals surface area contributed by atoms with Crippen LogP contribution in [0.4, 0.5) is 0 Å². The fourth-order valence-electron chi connectivity index (χ4n) is 4.69. The molecule has 5 rings (SSSR count). The molecule has 0 N–H and O–H groups in total. The molecular weight excluding hydrogens is 358 g/mol. The Bertz CT molecular complexity index is 943. The lowest BCUT2D eigenvalue weighted by Crippen LogP contribution is -2.31. The predicted molar refractivity (Wildman–Crippen MR) is 113 cm³/mol. The van der Waals surface area contributed by atoms with Crippen molar-refractivity contribution in [1.29, 1.82) is 0 Å². The van der Waals surface area contributed by atoms with Gasteiger partial charge in [-0.3, -0.25) is 9.58 Å². The van der Waals surface area contributed by atoms with E-state index in [0.29, 0.717) is 5.92 Å². The SMILES string of the molecule is c1ccc(Cn2cc(CN3CCc4nc(C5CCCCC5)ncc4C3)cn2)cc1. The summed E-state index contributed by atoms with van der Waals surface area (Å²) in [6, 6.07) is 10.5. The average molecular weight is 388 g/mol. The van der Waals surface area contributed by atoms with Crippen LogP contribution < -0.4 is 0 Å². The van der Waals surface area contributed by atoms with E-state index < -0.39 is 0 Å². The topological polar surface area (TPSA) is 46.8 Å². The zero-order valence-corrected chi connectivity index (χ0v) is 17.0. The maximum absolute atomic E-state index is 4.98. The van der Waals surface area contributed by atoms with Gasteiger partial charge in [-0.25, -0.2) is 9.97 Å². The molecule has 5 nitrogen and oxygen atoms in total. The minimum Gasteiger partial charge on any atom is -0.294 e. The number of benzene rings is 1. The Labute approximate surface area is 172 Å². The highest BCUT2D eigenvalue weighted by Gasteiger charge is 2.23. The van der Waals surface area contributed by atoms with E-state index in [1.165, 1.54) is 54.5 Å². The molecule has 0 bridgehead atoms. The Morgan fingerprint density at radius 2 is 1.79 bits per heavy atom. The van der Waals surface area contributed by atoms with Crippen LogP contribution in [0.25, 0.3) is 0 Å².